The maximum atomic E-state index is 10.1. The molecule has 4 heteroatoms. The molecule has 1 atom stereocenters. The molecular formula is C14H16N2O2. The zero-order valence-corrected chi connectivity index (χ0v) is 10.3. The highest BCUT2D eigenvalue weighted by Gasteiger charge is 2.11. The Morgan fingerprint density at radius 3 is 2.61 bits per heavy atom. The fourth-order valence-corrected chi connectivity index (χ4v) is 1.60. The van der Waals surface area contributed by atoms with Gasteiger partial charge in [0.2, 0.25) is 0 Å². The van der Waals surface area contributed by atoms with Crippen LogP contribution in [0.4, 0.5) is 0 Å². The molecular weight excluding hydrogens is 228 g/mol. The number of aliphatic hydroxyl groups is 1. The summed E-state index contributed by atoms with van der Waals surface area (Å²) in [4.78, 5) is 7.86. The summed E-state index contributed by atoms with van der Waals surface area (Å²) < 4.78 is 5.49. The summed E-state index contributed by atoms with van der Waals surface area (Å²) in [7, 11) is 0. The van der Waals surface area contributed by atoms with E-state index in [9.17, 15) is 5.11 Å². The van der Waals surface area contributed by atoms with Gasteiger partial charge in [0.1, 0.15) is 18.2 Å². The van der Waals surface area contributed by atoms with Crippen LogP contribution in [0.1, 0.15) is 30.7 Å². The Kier molecular flexibility index (Phi) is 4.25. The number of benzene rings is 1. The van der Waals surface area contributed by atoms with Crippen LogP contribution in [-0.2, 0) is 0 Å². The van der Waals surface area contributed by atoms with Crippen molar-refractivity contribution in [1.29, 1.82) is 0 Å². The highest BCUT2D eigenvalue weighted by Crippen LogP contribution is 2.22. The normalized spacial score (nSPS) is 12.1. The Morgan fingerprint density at radius 1 is 1.22 bits per heavy atom. The van der Waals surface area contributed by atoms with Crippen LogP contribution in [-0.4, -0.2) is 21.7 Å². The van der Waals surface area contributed by atoms with Gasteiger partial charge in [0, 0.05) is 6.20 Å². The fourth-order valence-electron chi connectivity index (χ4n) is 1.60. The molecule has 1 N–H and O–H groups in total. The third-order valence-electron chi connectivity index (χ3n) is 2.55. The first-order chi connectivity index (χ1) is 8.81. The van der Waals surface area contributed by atoms with E-state index in [4.69, 9.17) is 4.74 Å². The summed E-state index contributed by atoms with van der Waals surface area (Å²) in [5, 5.41) is 10.1. The molecule has 0 fully saturated rings. The molecule has 0 spiro atoms. The zero-order valence-electron chi connectivity index (χ0n) is 10.3. The SMILES string of the molecule is CCCOc1ccc(C(O)c2ccncn2)cc1. The van der Waals surface area contributed by atoms with Crippen LogP contribution in [0.15, 0.2) is 42.9 Å². The van der Waals surface area contributed by atoms with Gasteiger partial charge in [0.15, 0.2) is 0 Å². The molecule has 0 saturated carbocycles. The van der Waals surface area contributed by atoms with Crippen LogP contribution >= 0.6 is 0 Å². The summed E-state index contributed by atoms with van der Waals surface area (Å²) in [6.07, 6.45) is 3.29. The standard InChI is InChI=1S/C14H16N2O2/c1-2-9-18-12-5-3-11(4-6-12)14(17)13-7-8-15-10-16-13/h3-8,10,14,17H,2,9H2,1H3. The van der Waals surface area contributed by atoms with E-state index in [-0.39, 0.29) is 0 Å². The molecule has 0 aliphatic heterocycles. The number of aromatic nitrogens is 2. The molecule has 4 nitrogen and oxygen atoms in total. The van der Waals surface area contributed by atoms with E-state index in [0.717, 1.165) is 17.7 Å². The highest BCUT2D eigenvalue weighted by molar-refractivity contribution is 5.31. The van der Waals surface area contributed by atoms with Gasteiger partial charge in [0.05, 0.1) is 12.3 Å². The Hall–Kier alpha value is -1.94. The molecule has 18 heavy (non-hydrogen) atoms. The molecule has 0 bridgehead atoms. The second-order valence-electron chi connectivity index (χ2n) is 3.95. The maximum absolute atomic E-state index is 10.1. The summed E-state index contributed by atoms with van der Waals surface area (Å²) >= 11 is 0. The molecule has 2 rings (SSSR count). The van der Waals surface area contributed by atoms with Crippen molar-refractivity contribution in [3.63, 3.8) is 0 Å². The lowest BCUT2D eigenvalue weighted by atomic mass is 10.1. The third-order valence-corrected chi connectivity index (χ3v) is 2.55. The van der Waals surface area contributed by atoms with Crippen molar-refractivity contribution < 1.29 is 9.84 Å². The topological polar surface area (TPSA) is 55.2 Å². The number of hydrogen-bond acceptors (Lipinski definition) is 4. The number of aliphatic hydroxyl groups excluding tert-OH is 1. The quantitative estimate of drug-likeness (QED) is 0.877. The number of hydrogen-bond donors (Lipinski definition) is 1. The Balaban J connectivity index is 2.09. The molecule has 94 valence electrons. The first-order valence-corrected chi connectivity index (χ1v) is 5.98. The summed E-state index contributed by atoms with van der Waals surface area (Å²) in [6, 6.07) is 9.10. The Bertz CT molecular complexity index is 471. The smallest absolute Gasteiger partial charge is 0.121 e. The van der Waals surface area contributed by atoms with Gasteiger partial charge in [-0.15, -0.1) is 0 Å². The molecule has 1 aromatic carbocycles. The highest BCUT2D eigenvalue weighted by atomic mass is 16.5. The lowest BCUT2D eigenvalue weighted by Gasteiger charge is -2.11. The van der Waals surface area contributed by atoms with E-state index in [1.165, 1.54) is 6.33 Å². The van der Waals surface area contributed by atoms with E-state index in [0.29, 0.717) is 12.3 Å². The van der Waals surface area contributed by atoms with Crippen molar-refractivity contribution in [3.8, 4) is 5.75 Å². The third kappa shape index (κ3) is 3.05. The summed E-state index contributed by atoms with van der Waals surface area (Å²) in [5.41, 5.74) is 1.38. The van der Waals surface area contributed by atoms with Gasteiger partial charge < -0.3 is 9.84 Å². The van der Waals surface area contributed by atoms with Crippen LogP contribution in [0.3, 0.4) is 0 Å². The monoisotopic (exact) mass is 244 g/mol. The van der Waals surface area contributed by atoms with Crippen LogP contribution in [0, 0.1) is 0 Å². The maximum Gasteiger partial charge on any atom is 0.121 e. The minimum absolute atomic E-state index is 0.590. The van der Waals surface area contributed by atoms with Crippen molar-refractivity contribution in [2.24, 2.45) is 0 Å². The molecule has 1 unspecified atom stereocenters. The van der Waals surface area contributed by atoms with Crippen molar-refractivity contribution in [1.82, 2.24) is 9.97 Å². The van der Waals surface area contributed by atoms with Crippen LogP contribution < -0.4 is 4.74 Å². The van der Waals surface area contributed by atoms with E-state index in [1.807, 2.05) is 24.3 Å². The number of ether oxygens (including phenoxy) is 1. The van der Waals surface area contributed by atoms with Gasteiger partial charge in [-0.3, -0.25) is 0 Å². The van der Waals surface area contributed by atoms with Gasteiger partial charge in [-0.2, -0.15) is 0 Å². The van der Waals surface area contributed by atoms with E-state index in [1.54, 1.807) is 12.3 Å². The zero-order chi connectivity index (χ0) is 12.8. The molecule has 2 aromatic rings. The summed E-state index contributed by atoms with van der Waals surface area (Å²) in [6.45, 7) is 2.76. The minimum Gasteiger partial charge on any atom is -0.494 e. The van der Waals surface area contributed by atoms with Crippen molar-refractivity contribution in [2.45, 2.75) is 19.4 Å². The second kappa shape index (κ2) is 6.12. The predicted molar refractivity (Wildman–Crippen MR) is 68.3 cm³/mol. The Morgan fingerprint density at radius 2 is 2.00 bits per heavy atom. The van der Waals surface area contributed by atoms with Crippen molar-refractivity contribution in [3.05, 3.63) is 54.1 Å². The van der Waals surface area contributed by atoms with Crippen LogP contribution in [0.25, 0.3) is 0 Å². The Labute approximate surface area is 106 Å². The molecule has 0 saturated heterocycles. The molecule has 1 aromatic heterocycles. The minimum atomic E-state index is -0.728. The van der Waals surface area contributed by atoms with E-state index < -0.39 is 6.10 Å². The molecule has 0 amide bonds. The average molecular weight is 244 g/mol. The van der Waals surface area contributed by atoms with Crippen LogP contribution in [0.5, 0.6) is 5.75 Å². The lowest BCUT2D eigenvalue weighted by molar-refractivity contribution is 0.215. The van der Waals surface area contributed by atoms with Gasteiger partial charge >= 0.3 is 0 Å². The fraction of sp³-hybridized carbons (Fsp3) is 0.286. The van der Waals surface area contributed by atoms with Crippen molar-refractivity contribution >= 4 is 0 Å². The van der Waals surface area contributed by atoms with Gasteiger partial charge in [-0.25, -0.2) is 9.97 Å². The average Bonchev–Trinajstić information content (AvgIpc) is 2.46. The lowest BCUT2D eigenvalue weighted by Crippen LogP contribution is -2.02. The van der Waals surface area contributed by atoms with Gasteiger partial charge in [-0.1, -0.05) is 19.1 Å². The molecule has 0 aliphatic carbocycles. The van der Waals surface area contributed by atoms with Gasteiger partial charge in [-0.05, 0) is 30.2 Å². The van der Waals surface area contributed by atoms with Gasteiger partial charge in [0.25, 0.3) is 0 Å². The van der Waals surface area contributed by atoms with Crippen molar-refractivity contribution in [2.75, 3.05) is 6.61 Å². The predicted octanol–water partition coefficient (Wildman–Crippen LogP) is 2.35. The molecule has 0 aliphatic rings. The number of nitrogens with zero attached hydrogens (tertiary/aromatic N) is 2. The first-order valence-electron chi connectivity index (χ1n) is 5.98. The first kappa shape index (κ1) is 12.5. The van der Waals surface area contributed by atoms with Crippen LogP contribution in [0.2, 0.25) is 0 Å². The largest absolute Gasteiger partial charge is 0.494 e. The number of rotatable bonds is 5. The van der Waals surface area contributed by atoms with E-state index >= 15 is 0 Å². The molecule has 0 radical (unpaired) electrons. The summed E-state index contributed by atoms with van der Waals surface area (Å²) in [5.74, 6) is 0.815. The second-order valence-corrected chi connectivity index (χ2v) is 3.95. The van der Waals surface area contributed by atoms with E-state index in [2.05, 4.69) is 16.9 Å². The molecule has 1 heterocycles.